The van der Waals surface area contributed by atoms with Crippen LogP contribution in [-0.2, 0) is 6.54 Å². The molecule has 0 bridgehead atoms. The molecule has 1 N–H and O–H groups in total. The predicted molar refractivity (Wildman–Crippen MR) is 73.8 cm³/mol. The van der Waals surface area contributed by atoms with Crippen molar-refractivity contribution in [3.63, 3.8) is 0 Å². The number of benzene rings is 1. The highest BCUT2D eigenvalue weighted by Crippen LogP contribution is 2.17. The van der Waals surface area contributed by atoms with E-state index < -0.39 is 0 Å². The van der Waals surface area contributed by atoms with Gasteiger partial charge in [0.2, 0.25) is 5.56 Å². The normalized spacial score (nSPS) is 10.7. The Morgan fingerprint density at radius 3 is 2.90 bits per heavy atom. The molecule has 4 nitrogen and oxygen atoms in total. The van der Waals surface area contributed by atoms with Crippen LogP contribution in [0.4, 0.5) is 4.39 Å². The van der Waals surface area contributed by atoms with E-state index >= 15 is 0 Å². The van der Waals surface area contributed by atoms with E-state index in [1.807, 2.05) is 16.8 Å². The zero-order chi connectivity index (χ0) is 13.9. The van der Waals surface area contributed by atoms with Crippen LogP contribution in [0.5, 0.6) is 0 Å². The smallest absolute Gasteiger partial charge is 0.247 e. The molecule has 0 radical (unpaired) electrons. The first kappa shape index (κ1) is 12.3. The maximum absolute atomic E-state index is 13.2. The Morgan fingerprint density at radius 2 is 2.15 bits per heavy atom. The van der Waals surface area contributed by atoms with Crippen LogP contribution in [0.25, 0.3) is 11.4 Å². The molecule has 0 aliphatic rings. The number of pyridine rings is 1. The van der Waals surface area contributed by atoms with E-state index in [1.54, 1.807) is 24.5 Å². The van der Waals surface area contributed by atoms with Gasteiger partial charge in [0.25, 0.3) is 0 Å². The van der Waals surface area contributed by atoms with E-state index in [9.17, 15) is 9.18 Å². The second-order valence-electron chi connectivity index (χ2n) is 4.45. The highest BCUT2D eigenvalue weighted by atomic mass is 19.1. The average Bonchev–Trinajstić information content (AvgIpc) is 2.88. The van der Waals surface area contributed by atoms with Crippen LogP contribution < -0.4 is 5.56 Å². The summed E-state index contributed by atoms with van der Waals surface area (Å²) in [7, 11) is 0. The van der Waals surface area contributed by atoms with Gasteiger partial charge in [-0.05, 0) is 23.8 Å². The van der Waals surface area contributed by atoms with Gasteiger partial charge in [0.05, 0.1) is 0 Å². The maximum Gasteiger partial charge on any atom is 0.247 e. The molecule has 0 atom stereocenters. The van der Waals surface area contributed by atoms with E-state index in [-0.39, 0.29) is 11.4 Å². The van der Waals surface area contributed by atoms with Crippen LogP contribution >= 0.6 is 0 Å². The zero-order valence-electron chi connectivity index (χ0n) is 10.6. The molecule has 20 heavy (non-hydrogen) atoms. The second-order valence-corrected chi connectivity index (χ2v) is 4.45. The SMILES string of the molecule is O=c1ccc(-c2nccn2Cc2cccc(F)c2)c[nH]1. The molecular weight excluding hydrogens is 257 g/mol. The largest absolute Gasteiger partial charge is 0.328 e. The number of imidazole rings is 1. The molecule has 3 rings (SSSR count). The molecule has 100 valence electrons. The van der Waals surface area contributed by atoms with Gasteiger partial charge in [0, 0.05) is 36.8 Å². The number of H-pyrrole nitrogens is 1. The van der Waals surface area contributed by atoms with E-state index in [2.05, 4.69) is 9.97 Å². The number of aromatic nitrogens is 3. The Hall–Kier alpha value is -2.69. The number of halogens is 1. The van der Waals surface area contributed by atoms with Crippen LogP contribution in [0.2, 0.25) is 0 Å². The predicted octanol–water partition coefficient (Wildman–Crippen LogP) is 2.43. The molecule has 0 saturated heterocycles. The minimum Gasteiger partial charge on any atom is -0.328 e. The monoisotopic (exact) mass is 269 g/mol. The Kier molecular flexibility index (Phi) is 3.16. The van der Waals surface area contributed by atoms with Gasteiger partial charge in [-0.2, -0.15) is 0 Å². The van der Waals surface area contributed by atoms with Crippen LogP contribution in [0.15, 0.2) is 59.8 Å². The number of aromatic amines is 1. The molecule has 0 amide bonds. The van der Waals surface area contributed by atoms with Crippen LogP contribution in [0.1, 0.15) is 5.56 Å². The van der Waals surface area contributed by atoms with Gasteiger partial charge in [0.15, 0.2) is 0 Å². The van der Waals surface area contributed by atoms with Gasteiger partial charge in [-0.15, -0.1) is 0 Å². The molecule has 0 spiro atoms. The average molecular weight is 269 g/mol. The highest BCUT2D eigenvalue weighted by Gasteiger charge is 2.06. The fourth-order valence-electron chi connectivity index (χ4n) is 2.08. The number of nitrogens with one attached hydrogen (secondary N) is 1. The Labute approximate surface area is 114 Å². The van der Waals surface area contributed by atoms with Crippen molar-refractivity contribution in [2.24, 2.45) is 0 Å². The Bertz CT molecular complexity index is 771. The molecule has 2 heterocycles. The molecular formula is C15H12FN3O. The third-order valence-corrected chi connectivity index (χ3v) is 3.00. The summed E-state index contributed by atoms with van der Waals surface area (Å²) in [4.78, 5) is 18.0. The lowest BCUT2D eigenvalue weighted by molar-refractivity contribution is 0.623. The third kappa shape index (κ3) is 2.51. The molecule has 0 aliphatic heterocycles. The molecule has 0 saturated carbocycles. The number of rotatable bonds is 3. The van der Waals surface area contributed by atoms with Crippen molar-refractivity contribution < 1.29 is 4.39 Å². The number of nitrogens with zero attached hydrogens (tertiary/aromatic N) is 2. The van der Waals surface area contributed by atoms with E-state index in [0.717, 1.165) is 17.0 Å². The van der Waals surface area contributed by atoms with Gasteiger partial charge in [-0.3, -0.25) is 4.79 Å². The topological polar surface area (TPSA) is 50.7 Å². The van der Waals surface area contributed by atoms with Gasteiger partial charge >= 0.3 is 0 Å². The number of hydrogen-bond donors (Lipinski definition) is 1. The van der Waals surface area contributed by atoms with E-state index in [4.69, 9.17) is 0 Å². The number of hydrogen-bond acceptors (Lipinski definition) is 2. The van der Waals surface area contributed by atoms with Gasteiger partial charge in [-0.25, -0.2) is 9.37 Å². The molecule has 3 aromatic rings. The summed E-state index contributed by atoms with van der Waals surface area (Å²) in [6, 6.07) is 9.62. The summed E-state index contributed by atoms with van der Waals surface area (Å²) in [6.07, 6.45) is 5.12. The lowest BCUT2D eigenvalue weighted by Crippen LogP contribution is -2.05. The first-order valence-electron chi connectivity index (χ1n) is 6.17. The van der Waals surface area contributed by atoms with Crippen molar-refractivity contribution in [1.82, 2.24) is 14.5 Å². The molecule has 0 unspecified atom stereocenters. The molecule has 0 fully saturated rings. The molecule has 5 heteroatoms. The van der Waals surface area contributed by atoms with Crippen LogP contribution in [0.3, 0.4) is 0 Å². The Balaban J connectivity index is 1.94. The minimum absolute atomic E-state index is 0.156. The van der Waals surface area contributed by atoms with Crippen molar-refractivity contribution in [3.05, 3.63) is 76.7 Å². The first-order chi connectivity index (χ1) is 9.72. The highest BCUT2D eigenvalue weighted by molar-refractivity contribution is 5.53. The maximum atomic E-state index is 13.2. The standard InChI is InChI=1S/C15H12FN3O/c16-13-3-1-2-11(8-13)10-19-7-6-17-15(19)12-4-5-14(20)18-9-12/h1-9H,10H2,(H,18,20). The quantitative estimate of drug-likeness (QED) is 0.794. The van der Waals surface area contributed by atoms with Crippen molar-refractivity contribution in [2.45, 2.75) is 6.54 Å². The minimum atomic E-state index is -0.256. The van der Waals surface area contributed by atoms with Crippen molar-refractivity contribution >= 4 is 0 Å². The molecule has 0 aliphatic carbocycles. The van der Waals surface area contributed by atoms with Gasteiger partial charge in [0.1, 0.15) is 11.6 Å². The van der Waals surface area contributed by atoms with Crippen LogP contribution in [-0.4, -0.2) is 14.5 Å². The second kappa shape index (κ2) is 5.13. The third-order valence-electron chi connectivity index (χ3n) is 3.00. The zero-order valence-corrected chi connectivity index (χ0v) is 10.6. The molecule has 1 aromatic carbocycles. The van der Waals surface area contributed by atoms with Crippen molar-refractivity contribution in [3.8, 4) is 11.4 Å². The summed E-state index contributed by atoms with van der Waals surface area (Å²) in [5, 5.41) is 0. The summed E-state index contributed by atoms with van der Waals surface area (Å²) in [5.41, 5.74) is 1.51. The van der Waals surface area contributed by atoms with Gasteiger partial charge < -0.3 is 9.55 Å². The summed E-state index contributed by atoms with van der Waals surface area (Å²) in [5.74, 6) is 0.471. The summed E-state index contributed by atoms with van der Waals surface area (Å²) < 4.78 is 15.1. The van der Waals surface area contributed by atoms with E-state index in [0.29, 0.717) is 6.54 Å². The van der Waals surface area contributed by atoms with E-state index in [1.165, 1.54) is 18.2 Å². The summed E-state index contributed by atoms with van der Waals surface area (Å²) in [6.45, 7) is 0.520. The van der Waals surface area contributed by atoms with Gasteiger partial charge in [-0.1, -0.05) is 12.1 Å². The lowest BCUT2D eigenvalue weighted by Gasteiger charge is -2.08. The fourth-order valence-corrected chi connectivity index (χ4v) is 2.08. The Morgan fingerprint density at radius 1 is 1.25 bits per heavy atom. The first-order valence-corrected chi connectivity index (χ1v) is 6.17. The van der Waals surface area contributed by atoms with Crippen LogP contribution in [0, 0.1) is 5.82 Å². The molecule has 2 aromatic heterocycles. The van der Waals surface area contributed by atoms with Crippen molar-refractivity contribution in [2.75, 3.05) is 0 Å². The fraction of sp³-hybridized carbons (Fsp3) is 0.0667. The van der Waals surface area contributed by atoms with Crippen molar-refractivity contribution in [1.29, 1.82) is 0 Å². The summed E-state index contributed by atoms with van der Waals surface area (Å²) >= 11 is 0. The lowest BCUT2D eigenvalue weighted by atomic mass is 10.2.